The summed E-state index contributed by atoms with van der Waals surface area (Å²) in [5, 5.41) is 9.05. The Labute approximate surface area is 101 Å². The van der Waals surface area contributed by atoms with Gasteiger partial charge in [0.05, 0.1) is 5.69 Å². The molecule has 0 saturated heterocycles. The van der Waals surface area contributed by atoms with E-state index in [-0.39, 0.29) is 0 Å². The first-order chi connectivity index (χ1) is 8.11. The van der Waals surface area contributed by atoms with Crippen molar-refractivity contribution in [3.8, 4) is 6.07 Å². The summed E-state index contributed by atoms with van der Waals surface area (Å²) in [4.78, 5) is 0. The highest BCUT2D eigenvalue weighted by Gasteiger charge is 2.09. The van der Waals surface area contributed by atoms with Crippen LogP contribution in [0, 0.1) is 25.2 Å². The topological polar surface area (TPSA) is 54.7 Å². The zero-order chi connectivity index (χ0) is 12.4. The van der Waals surface area contributed by atoms with E-state index in [1.807, 2.05) is 11.5 Å². The summed E-state index contributed by atoms with van der Waals surface area (Å²) < 4.78 is 1.94. The number of nitriles is 1. The van der Waals surface area contributed by atoms with Gasteiger partial charge < -0.3 is 10.3 Å². The number of nitrogens with zero attached hydrogens (tertiary/aromatic N) is 2. The number of hydrogen-bond acceptors (Lipinski definition) is 2. The van der Waals surface area contributed by atoms with Gasteiger partial charge in [-0.25, -0.2) is 0 Å². The maximum absolute atomic E-state index is 9.05. The lowest BCUT2D eigenvalue weighted by Gasteiger charge is -2.08. The molecule has 0 aliphatic rings. The Bertz CT molecular complexity index is 571. The Balaban J connectivity index is 2.36. The van der Waals surface area contributed by atoms with Gasteiger partial charge >= 0.3 is 0 Å². The summed E-state index contributed by atoms with van der Waals surface area (Å²) in [6.07, 6.45) is 0. The fourth-order valence-electron chi connectivity index (χ4n) is 1.84. The van der Waals surface area contributed by atoms with Gasteiger partial charge in [-0.05, 0) is 25.5 Å². The molecule has 0 aliphatic heterocycles. The van der Waals surface area contributed by atoms with E-state index in [1.54, 1.807) is 6.07 Å². The van der Waals surface area contributed by atoms with Crippen molar-refractivity contribution in [2.24, 2.45) is 0 Å². The third-order valence-corrected chi connectivity index (χ3v) is 2.98. The zero-order valence-corrected chi connectivity index (χ0v) is 10.1. The van der Waals surface area contributed by atoms with Crippen LogP contribution in [0.5, 0.6) is 0 Å². The van der Waals surface area contributed by atoms with Gasteiger partial charge in [0.25, 0.3) is 0 Å². The van der Waals surface area contributed by atoms with Gasteiger partial charge in [-0.3, -0.25) is 0 Å². The van der Waals surface area contributed by atoms with Crippen molar-refractivity contribution in [1.29, 1.82) is 5.26 Å². The first-order valence-electron chi connectivity index (χ1n) is 5.53. The molecule has 0 saturated carbocycles. The van der Waals surface area contributed by atoms with Gasteiger partial charge in [-0.15, -0.1) is 0 Å². The molecule has 3 heteroatoms. The average molecular weight is 225 g/mol. The van der Waals surface area contributed by atoms with Crippen LogP contribution in [-0.2, 0) is 6.54 Å². The van der Waals surface area contributed by atoms with Crippen molar-refractivity contribution in [2.75, 3.05) is 5.73 Å². The molecule has 0 radical (unpaired) electrons. The molecule has 0 unspecified atom stereocenters. The van der Waals surface area contributed by atoms with Crippen LogP contribution in [0.2, 0.25) is 0 Å². The summed E-state index contributed by atoms with van der Waals surface area (Å²) >= 11 is 0. The summed E-state index contributed by atoms with van der Waals surface area (Å²) in [6.45, 7) is 4.68. The lowest BCUT2D eigenvalue weighted by atomic mass is 10.1. The van der Waals surface area contributed by atoms with Gasteiger partial charge in [0, 0.05) is 12.2 Å². The number of anilines is 1. The van der Waals surface area contributed by atoms with E-state index in [0.717, 1.165) is 5.69 Å². The summed E-state index contributed by atoms with van der Waals surface area (Å²) in [6, 6.07) is 12.2. The number of rotatable bonds is 2. The predicted octanol–water partition coefficient (Wildman–Crippen LogP) is 2.61. The van der Waals surface area contributed by atoms with E-state index in [2.05, 4.69) is 37.3 Å². The maximum atomic E-state index is 9.05. The normalized spacial score (nSPS) is 10.2. The summed E-state index contributed by atoms with van der Waals surface area (Å²) in [7, 11) is 0. The first kappa shape index (κ1) is 11.3. The molecular weight excluding hydrogens is 210 g/mol. The molecule has 2 aromatic rings. The van der Waals surface area contributed by atoms with Crippen molar-refractivity contribution in [3.63, 3.8) is 0 Å². The first-order valence-corrected chi connectivity index (χ1v) is 5.53. The Hall–Kier alpha value is -2.21. The molecule has 2 N–H and O–H groups in total. The summed E-state index contributed by atoms with van der Waals surface area (Å²) in [5.41, 5.74) is 10.5. The van der Waals surface area contributed by atoms with Crippen molar-refractivity contribution in [3.05, 3.63) is 52.8 Å². The zero-order valence-electron chi connectivity index (χ0n) is 10.1. The molecular formula is C14H15N3. The molecule has 0 atom stereocenters. The van der Waals surface area contributed by atoms with Crippen LogP contribution in [0.4, 0.5) is 5.69 Å². The molecule has 1 aromatic carbocycles. The standard InChI is InChI=1S/C14H15N3/c1-10-3-5-12(6-4-10)9-17-11(2)14(16)7-13(17)8-15/h3-7H,9,16H2,1-2H3. The molecule has 0 spiro atoms. The molecule has 3 nitrogen and oxygen atoms in total. The van der Waals surface area contributed by atoms with Gasteiger partial charge in [-0.2, -0.15) is 5.26 Å². The van der Waals surface area contributed by atoms with E-state index < -0.39 is 0 Å². The SMILES string of the molecule is Cc1ccc(Cn2c(C#N)cc(N)c2C)cc1. The van der Waals surface area contributed by atoms with Crippen molar-refractivity contribution < 1.29 is 0 Å². The summed E-state index contributed by atoms with van der Waals surface area (Å²) in [5.74, 6) is 0. The smallest absolute Gasteiger partial charge is 0.122 e. The van der Waals surface area contributed by atoms with Gasteiger partial charge in [0.2, 0.25) is 0 Å². The number of aromatic nitrogens is 1. The Morgan fingerprint density at radius 3 is 2.47 bits per heavy atom. The fourth-order valence-corrected chi connectivity index (χ4v) is 1.84. The molecule has 1 heterocycles. The maximum Gasteiger partial charge on any atom is 0.122 e. The largest absolute Gasteiger partial charge is 0.397 e. The molecule has 0 fully saturated rings. The number of nitrogens with two attached hydrogens (primary N) is 1. The van der Waals surface area contributed by atoms with Crippen LogP contribution in [0.3, 0.4) is 0 Å². The van der Waals surface area contributed by atoms with E-state index in [9.17, 15) is 0 Å². The van der Waals surface area contributed by atoms with Crippen LogP contribution in [0.1, 0.15) is 22.5 Å². The third-order valence-electron chi connectivity index (χ3n) is 2.98. The van der Waals surface area contributed by atoms with Crippen LogP contribution in [0.15, 0.2) is 30.3 Å². The van der Waals surface area contributed by atoms with Crippen LogP contribution in [-0.4, -0.2) is 4.57 Å². The van der Waals surface area contributed by atoms with Gasteiger partial charge in [0.15, 0.2) is 0 Å². The third kappa shape index (κ3) is 2.16. The highest BCUT2D eigenvalue weighted by Crippen LogP contribution is 2.18. The number of nitrogen functional groups attached to an aromatic ring is 1. The van der Waals surface area contributed by atoms with Crippen molar-refractivity contribution in [2.45, 2.75) is 20.4 Å². The number of hydrogen-bond donors (Lipinski definition) is 1. The molecule has 17 heavy (non-hydrogen) atoms. The second-order valence-corrected chi connectivity index (χ2v) is 4.25. The van der Waals surface area contributed by atoms with Crippen molar-refractivity contribution in [1.82, 2.24) is 4.57 Å². The minimum atomic E-state index is 0.612. The van der Waals surface area contributed by atoms with E-state index in [0.29, 0.717) is 17.9 Å². The number of aryl methyl sites for hydroxylation is 1. The molecule has 0 bridgehead atoms. The minimum absolute atomic E-state index is 0.612. The Morgan fingerprint density at radius 2 is 1.88 bits per heavy atom. The van der Waals surface area contributed by atoms with Crippen LogP contribution < -0.4 is 5.73 Å². The molecule has 86 valence electrons. The lowest BCUT2D eigenvalue weighted by Crippen LogP contribution is -2.04. The van der Waals surface area contributed by atoms with E-state index in [4.69, 9.17) is 11.0 Å². The Morgan fingerprint density at radius 1 is 1.24 bits per heavy atom. The fraction of sp³-hybridized carbons (Fsp3) is 0.214. The molecule has 0 aliphatic carbocycles. The predicted molar refractivity (Wildman–Crippen MR) is 68.6 cm³/mol. The van der Waals surface area contributed by atoms with E-state index >= 15 is 0 Å². The monoisotopic (exact) mass is 225 g/mol. The van der Waals surface area contributed by atoms with E-state index in [1.165, 1.54) is 11.1 Å². The van der Waals surface area contributed by atoms with Crippen molar-refractivity contribution >= 4 is 5.69 Å². The molecule has 2 rings (SSSR count). The molecule has 0 amide bonds. The van der Waals surface area contributed by atoms with Gasteiger partial charge in [-0.1, -0.05) is 29.8 Å². The second kappa shape index (κ2) is 4.34. The Kier molecular flexibility index (Phi) is 2.88. The lowest BCUT2D eigenvalue weighted by molar-refractivity contribution is 0.766. The average Bonchev–Trinajstić information content (AvgIpc) is 2.59. The van der Waals surface area contributed by atoms with Gasteiger partial charge in [0.1, 0.15) is 11.8 Å². The number of benzene rings is 1. The highest BCUT2D eigenvalue weighted by molar-refractivity contribution is 5.50. The molecule has 1 aromatic heterocycles. The minimum Gasteiger partial charge on any atom is -0.397 e. The van der Waals surface area contributed by atoms with Crippen LogP contribution in [0.25, 0.3) is 0 Å². The second-order valence-electron chi connectivity index (χ2n) is 4.25. The quantitative estimate of drug-likeness (QED) is 0.854. The highest BCUT2D eigenvalue weighted by atomic mass is 15.0. The van der Waals surface area contributed by atoms with Crippen LogP contribution >= 0.6 is 0 Å².